The second-order valence-electron chi connectivity index (χ2n) is 7.08. The Bertz CT molecular complexity index is 969. The molecule has 0 saturated heterocycles. The van der Waals surface area contributed by atoms with Gasteiger partial charge in [0, 0.05) is 16.5 Å². The van der Waals surface area contributed by atoms with Crippen molar-refractivity contribution in [1.82, 2.24) is 14.5 Å². The SMILES string of the molecule is CCOCc1nc2c(N)nc3cc(Br)ccc3c2n1CC(C)(C)OC(C)O. The molecule has 0 radical (unpaired) electrons. The minimum absolute atomic E-state index is 0.355. The second-order valence-corrected chi connectivity index (χ2v) is 8.00. The highest BCUT2D eigenvalue weighted by Gasteiger charge is 2.26. The highest BCUT2D eigenvalue weighted by Crippen LogP contribution is 2.32. The minimum atomic E-state index is -0.871. The van der Waals surface area contributed by atoms with Crippen LogP contribution >= 0.6 is 15.9 Å². The number of hydrogen-bond acceptors (Lipinski definition) is 6. The van der Waals surface area contributed by atoms with Gasteiger partial charge in [-0.2, -0.15) is 0 Å². The number of aromatic nitrogens is 3. The van der Waals surface area contributed by atoms with E-state index in [9.17, 15) is 5.11 Å². The van der Waals surface area contributed by atoms with Gasteiger partial charge in [0.1, 0.15) is 17.9 Å². The van der Waals surface area contributed by atoms with Crippen LogP contribution in [0.3, 0.4) is 0 Å². The predicted molar refractivity (Wildman–Crippen MR) is 109 cm³/mol. The maximum Gasteiger partial charge on any atom is 0.152 e. The van der Waals surface area contributed by atoms with Gasteiger partial charge in [-0.1, -0.05) is 15.9 Å². The molecule has 0 aliphatic carbocycles. The smallest absolute Gasteiger partial charge is 0.152 e. The van der Waals surface area contributed by atoms with Crippen LogP contribution in [0.4, 0.5) is 5.82 Å². The van der Waals surface area contributed by atoms with Gasteiger partial charge >= 0.3 is 0 Å². The molecule has 0 fully saturated rings. The van der Waals surface area contributed by atoms with E-state index in [4.69, 9.17) is 20.2 Å². The average molecular weight is 437 g/mol. The lowest BCUT2D eigenvalue weighted by atomic mass is 10.1. The lowest BCUT2D eigenvalue weighted by molar-refractivity contribution is -0.166. The molecule has 0 spiro atoms. The highest BCUT2D eigenvalue weighted by atomic mass is 79.9. The third-order valence-corrected chi connectivity index (χ3v) is 4.70. The Morgan fingerprint density at radius 1 is 1.33 bits per heavy atom. The van der Waals surface area contributed by atoms with Crippen molar-refractivity contribution < 1.29 is 14.6 Å². The summed E-state index contributed by atoms with van der Waals surface area (Å²) < 4.78 is 14.3. The Morgan fingerprint density at radius 3 is 2.74 bits per heavy atom. The minimum Gasteiger partial charge on any atom is -0.382 e. The van der Waals surface area contributed by atoms with E-state index in [1.54, 1.807) is 6.92 Å². The van der Waals surface area contributed by atoms with Gasteiger partial charge in [0.15, 0.2) is 12.1 Å². The van der Waals surface area contributed by atoms with E-state index >= 15 is 0 Å². The van der Waals surface area contributed by atoms with Gasteiger partial charge in [-0.05, 0) is 45.9 Å². The Morgan fingerprint density at radius 2 is 2.07 bits per heavy atom. The van der Waals surface area contributed by atoms with Gasteiger partial charge in [0.25, 0.3) is 0 Å². The summed E-state index contributed by atoms with van der Waals surface area (Å²) >= 11 is 3.48. The van der Waals surface area contributed by atoms with Gasteiger partial charge < -0.3 is 24.9 Å². The van der Waals surface area contributed by atoms with Crippen molar-refractivity contribution in [3.63, 3.8) is 0 Å². The van der Waals surface area contributed by atoms with E-state index in [0.29, 0.717) is 31.1 Å². The van der Waals surface area contributed by atoms with Crippen LogP contribution in [0.25, 0.3) is 21.9 Å². The number of imidazole rings is 1. The molecule has 8 heteroatoms. The second kappa shape index (κ2) is 7.71. The predicted octanol–water partition coefficient (Wildman–Crippen LogP) is 3.60. The number of nitrogen functional groups attached to an aromatic ring is 1. The van der Waals surface area contributed by atoms with Gasteiger partial charge in [0.05, 0.1) is 23.2 Å². The fourth-order valence-corrected chi connectivity index (χ4v) is 3.63. The number of benzene rings is 1. The molecule has 3 rings (SSSR count). The van der Waals surface area contributed by atoms with E-state index in [0.717, 1.165) is 26.7 Å². The maximum atomic E-state index is 9.68. The molecular formula is C19H25BrN4O3. The van der Waals surface area contributed by atoms with Crippen LogP contribution in [-0.2, 0) is 22.6 Å². The number of pyridine rings is 1. The molecule has 0 saturated carbocycles. The lowest BCUT2D eigenvalue weighted by Gasteiger charge is -2.28. The van der Waals surface area contributed by atoms with Crippen LogP contribution in [0.1, 0.15) is 33.5 Å². The largest absolute Gasteiger partial charge is 0.382 e. The van der Waals surface area contributed by atoms with Gasteiger partial charge in [-0.15, -0.1) is 0 Å². The molecule has 0 bridgehead atoms. The van der Waals surface area contributed by atoms with Crippen molar-refractivity contribution in [1.29, 1.82) is 0 Å². The molecule has 7 nitrogen and oxygen atoms in total. The zero-order valence-corrected chi connectivity index (χ0v) is 17.6. The number of ether oxygens (including phenoxy) is 2. The average Bonchev–Trinajstić information content (AvgIpc) is 2.90. The molecule has 2 heterocycles. The summed E-state index contributed by atoms with van der Waals surface area (Å²) in [6, 6.07) is 5.90. The third kappa shape index (κ3) is 4.24. The summed E-state index contributed by atoms with van der Waals surface area (Å²) in [5.74, 6) is 1.12. The van der Waals surface area contributed by atoms with Crippen LogP contribution in [0.5, 0.6) is 0 Å². The lowest BCUT2D eigenvalue weighted by Crippen LogP contribution is -2.34. The Balaban J connectivity index is 2.24. The van der Waals surface area contributed by atoms with Crippen molar-refractivity contribution in [2.24, 2.45) is 0 Å². The molecular weight excluding hydrogens is 412 g/mol. The fraction of sp³-hybridized carbons (Fsp3) is 0.474. The van der Waals surface area contributed by atoms with Gasteiger partial charge in [0.2, 0.25) is 0 Å². The molecule has 146 valence electrons. The van der Waals surface area contributed by atoms with E-state index in [1.807, 2.05) is 39.0 Å². The zero-order chi connectivity index (χ0) is 19.8. The van der Waals surface area contributed by atoms with Crippen molar-refractivity contribution in [2.45, 2.75) is 52.7 Å². The molecule has 1 aromatic carbocycles. The number of hydrogen-bond donors (Lipinski definition) is 2. The Hall–Kier alpha value is -1.74. The first-order valence-corrected chi connectivity index (χ1v) is 9.68. The van der Waals surface area contributed by atoms with Crippen molar-refractivity contribution in [3.05, 3.63) is 28.5 Å². The number of nitrogens with zero attached hydrogens (tertiary/aromatic N) is 3. The van der Waals surface area contributed by atoms with Crippen molar-refractivity contribution >= 4 is 43.7 Å². The van der Waals surface area contributed by atoms with Crippen LogP contribution in [-0.4, -0.2) is 38.1 Å². The number of fused-ring (bicyclic) bond motifs is 3. The number of halogens is 1. The van der Waals surface area contributed by atoms with Crippen LogP contribution < -0.4 is 5.73 Å². The number of nitrogens with two attached hydrogens (primary N) is 1. The third-order valence-electron chi connectivity index (χ3n) is 4.21. The molecule has 3 N–H and O–H groups in total. The standard InChI is InChI=1S/C19H25BrN4O3/c1-5-26-9-15-23-16-17(24(15)10-19(3,4)27-11(2)25)13-7-6-12(20)8-14(13)22-18(16)21/h6-8,11,25H,5,9-10H2,1-4H3,(H2,21,22). The van der Waals surface area contributed by atoms with Crippen LogP contribution in [0, 0.1) is 0 Å². The van der Waals surface area contributed by atoms with E-state index in [1.165, 1.54) is 0 Å². The summed E-state index contributed by atoms with van der Waals surface area (Å²) in [7, 11) is 0. The Kier molecular flexibility index (Phi) is 5.71. The van der Waals surface area contributed by atoms with E-state index in [-0.39, 0.29) is 0 Å². The van der Waals surface area contributed by atoms with E-state index in [2.05, 4.69) is 25.5 Å². The van der Waals surface area contributed by atoms with Crippen LogP contribution in [0.2, 0.25) is 0 Å². The normalized spacial score (nSPS) is 13.6. The van der Waals surface area contributed by atoms with E-state index < -0.39 is 11.9 Å². The monoisotopic (exact) mass is 436 g/mol. The van der Waals surface area contributed by atoms with Crippen molar-refractivity contribution in [2.75, 3.05) is 12.3 Å². The van der Waals surface area contributed by atoms with Gasteiger partial charge in [-0.3, -0.25) is 0 Å². The summed E-state index contributed by atoms with van der Waals surface area (Å²) in [5.41, 5.74) is 7.91. The van der Waals surface area contributed by atoms with Crippen LogP contribution in [0.15, 0.2) is 22.7 Å². The number of aliphatic hydroxyl groups excluding tert-OH is 1. The highest BCUT2D eigenvalue weighted by molar-refractivity contribution is 9.10. The molecule has 0 aliphatic rings. The molecule has 1 atom stereocenters. The molecule has 1 unspecified atom stereocenters. The Labute approximate surface area is 166 Å². The maximum absolute atomic E-state index is 9.68. The first-order valence-electron chi connectivity index (χ1n) is 8.89. The summed E-state index contributed by atoms with van der Waals surface area (Å²) in [6.07, 6.45) is -0.871. The summed E-state index contributed by atoms with van der Waals surface area (Å²) in [6.45, 7) is 8.82. The summed E-state index contributed by atoms with van der Waals surface area (Å²) in [4.78, 5) is 9.21. The molecule has 3 aromatic rings. The summed E-state index contributed by atoms with van der Waals surface area (Å²) in [5, 5.41) is 10.6. The number of rotatable bonds is 7. The first-order chi connectivity index (χ1) is 12.7. The number of aliphatic hydroxyl groups is 1. The quantitative estimate of drug-likeness (QED) is 0.549. The number of anilines is 1. The molecule has 2 aromatic heterocycles. The molecule has 0 aliphatic heterocycles. The van der Waals surface area contributed by atoms with Crippen molar-refractivity contribution in [3.8, 4) is 0 Å². The first kappa shape index (κ1) is 20.0. The molecule has 27 heavy (non-hydrogen) atoms. The van der Waals surface area contributed by atoms with Gasteiger partial charge in [-0.25, -0.2) is 9.97 Å². The zero-order valence-electron chi connectivity index (χ0n) is 16.0. The topological polar surface area (TPSA) is 95.4 Å². The molecule has 0 amide bonds. The fourth-order valence-electron chi connectivity index (χ4n) is 3.28.